The van der Waals surface area contributed by atoms with E-state index in [1.54, 1.807) is 4.90 Å². The molecule has 6 heteroatoms. The fraction of sp³-hybridized carbons (Fsp3) is 0.833. The summed E-state index contributed by atoms with van der Waals surface area (Å²) < 4.78 is 5.10. The summed E-state index contributed by atoms with van der Waals surface area (Å²) >= 11 is 0. The van der Waals surface area contributed by atoms with Crippen LogP contribution in [0.15, 0.2) is 0 Å². The predicted octanol–water partition coefficient (Wildman–Crippen LogP) is -0.697. The van der Waals surface area contributed by atoms with E-state index < -0.39 is 0 Å². The van der Waals surface area contributed by atoms with E-state index in [-0.39, 0.29) is 18.4 Å². The highest BCUT2D eigenvalue weighted by molar-refractivity contribution is 5.78. The van der Waals surface area contributed by atoms with E-state index in [0.29, 0.717) is 32.8 Å². The molecule has 1 heterocycles. The number of ether oxygens (including phenoxy) is 1. The van der Waals surface area contributed by atoms with Crippen LogP contribution in [0.1, 0.15) is 13.8 Å². The molecule has 18 heavy (non-hydrogen) atoms. The lowest BCUT2D eigenvalue weighted by Crippen LogP contribution is -2.51. The molecule has 0 saturated carbocycles. The van der Waals surface area contributed by atoms with Gasteiger partial charge in [-0.1, -0.05) is 0 Å². The monoisotopic (exact) mass is 257 g/mol. The van der Waals surface area contributed by atoms with Gasteiger partial charge in [0.15, 0.2) is 0 Å². The number of likely N-dealkylation sites (N-methyl/N-ethyl adjacent to an activating group) is 1. The van der Waals surface area contributed by atoms with Gasteiger partial charge in [-0.3, -0.25) is 14.5 Å². The molecule has 1 aliphatic rings. The lowest BCUT2D eigenvalue weighted by atomic mass is 10.3. The zero-order chi connectivity index (χ0) is 13.4. The molecule has 104 valence electrons. The van der Waals surface area contributed by atoms with E-state index in [4.69, 9.17) is 4.74 Å². The number of carbonyl (C=O) groups excluding carboxylic acids is 2. The maximum atomic E-state index is 11.7. The molecule has 1 saturated heterocycles. The van der Waals surface area contributed by atoms with Crippen LogP contribution < -0.4 is 5.32 Å². The highest BCUT2D eigenvalue weighted by Gasteiger charge is 2.21. The van der Waals surface area contributed by atoms with Gasteiger partial charge < -0.3 is 15.0 Å². The van der Waals surface area contributed by atoms with Crippen molar-refractivity contribution in [3.63, 3.8) is 0 Å². The molecule has 0 spiro atoms. The molecule has 6 nitrogen and oxygen atoms in total. The van der Waals surface area contributed by atoms with E-state index >= 15 is 0 Å². The average molecular weight is 257 g/mol. The van der Waals surface area contributed by atoms with Crippen LogP contribution >= 0.6 is 0 Å². The van der Waals surface area contributed by atoms with Crippen molar-refractivity contribution in [3.05, 3.63) is 0 Å². The zero-order valence-electron chi connectivity index (χ0n) is 11.3. The SMILES string of the molecule is CCNC(=O)CN1CCN(C(=O)COCC)CC1. The molecule has 1 N–H and O–H groups in total. The molecule has 0 aromatic heterocycles. The number of nitrogens with one attached hydrogen (secondary N) is 1. The van der Waals surface area contributed by atoms with Crippen molar-refractivity contribution in [2.75, 3.05) is 52.5 Å². The van der Waals surface area contributed by atoms with Crippen LogP contribution in [0.3, 0.4) is 0 Å². The second-order valence-electron chi connectivity index (χ2n) is 4.25. The van der Waals surface area contributed by atoms with Crippen molar-refractivity contribution in [3.8, 4) is 0 Å². The molecule has 0 radical (unpaired) electrons. The topological polar surface area (TPSA) is 61.9 Å². The highest BCUT2D eigenvalue weighted by Crippen LogP contribution is 2.02. The zero-order valence-corrected chi connectivity index (χ0v) is 11.3. The van der Waals surface area contributed by atoms with Gasteiger partial charge in [-0.05, 0) is 13.8 Å². The molecule has 1 aliphatic heterocycles. The Labute approximate surface area is 108 Å². The molecule has 0 unspecified atom stereocenters. The number of hydrogen-bond donors (Lipinski definition) is 1. The maximum absolute atomic E-state index is 11.7. The van der Waals surface area contributed by atoms with Crippen molar-refractivity contribution in [1.82, 2.24) is 15.1 Å². The number of nitrogens with zero attached hydrogens (tertiary/aromatic N) is 2. The molecule has 0 bridgehead atoms. The minimum atomic E-state index is 0.0366. The first-order valence-electron chi connectivity index (χ1n) is 6.52. The first-order valence-corrected chi connectivity index (χ1v) is 6.52. The van der Waals surface area contributed by atoms with Crippen LogP contribution in [0.5, 0.6) is 0 Å². The molecular weight excluding hydrogens is 234 g/mol. The summed E-state index contributed by atoms with van der Waals surface area (Å²) in [6.45, 7) is 8.41. The fourth-order valence-electron chi connectivity index (χ4n) is 1.89. The van der Waals surface area contributed by atoms with Gasteiger partial charge in [0.1, 0.15) is 6.61 Å². The van der Waals surface area contributed by atoms with Crippen molar-refractivity contribution >= 4 is 11.8 Å². The summed E-state index contributed by atoms with van der Waals surface area (Å²) in [6.07, 6.45) is 0. The lowest BCUT2D eigenvalue weighted by Gasteiger charge is -2.34. The third-order valence-electron chi connectivity index (χ3n) is 2.90. The Morgan fingerprint density at radius 2 is 1.83 bits per heavy atom. The van der Waals surface area contributed by atoms with Crippen LogP contribution in [0.4, 0.5) is 0 Å². The van der Waals surface area contributed by atoms with Gasteiger partial charge in [0.05, 0.1) is 6.54 Å². The predicted molar refractivity (Wildman–Crippen MR) is 68.2 cm³/mol. The number of hydrogen-bond acceptors (Lipinski definition) is 4. The average Bonchev–Trinajstić information content (AvgIpc) is 2.37. The minimum absolute atomic E-state index is 0.0366. The minimum Gasteiger partial charge on any atom is -0.372 e. The number of amides is 2. The van der Waals surface area contributed by atoms with E-state index in [1.165, 1.54) is 0 Å². The first kappa shape index (κ1) is 14.9. The Balaban J connectivity index is 2.23. The van der Waals surface area contributed by atoms with E-state index in [1.807, 2.05) is 13.8 Å². The van der Waals surface area contributed by atoms with Crippen LogP contribution in [0.2, 0.25) is 0 Å². The quantitative estimate of drug-likeness (QED) is 0.684. The normalized spacial score (nSPS) is 16.7. The van der Waals surface area contributed by atoms with E-state index in [2.05, 4.69) is 10.2 Å². The van der Waals surface area contributed by atoms with Crippen LogP contribution in [0, 0.1) is 0 Å². The van der Waals surface area contributed by atoms with Crippen LogP contribution in [-0.4, -0.2) is 74.1 Å². The second-order valence-corrected chi connectivity index (χ2v) is 4.25. The van der Waals surface area contributed by atoms with Crippen molar-refractivity contribution in [1.29, 1.82) is 0 Å². The Morgan fingerprint density at radius 3 is 2.39 bits per heavy atom. The third-order valence-corrected chi connectivity index (χ3v) is 2.90. The fourth-order valence-corrected chi connectivity index (χ4v) is 1.89. The van der Waals surface area contributed by atoms with Gasteiger partial charge in [0, 0.05) is 39.3 Å². The van der Waals surface area contributed by atoms with Crippen molar-refractivity contribution in [2.24, 2.45) is 0 Å². The Bertz CT molecular complexity index is 276. The molecule has 0 aliphatic carbocycles. The van der Waals surface area contributed by atoms with E-state index in [0.717, 1.165) is 13.1 Å². The molecule has 0 atom stereocenters. The van der Waals surface area contributed by atoms with Gasteiger partial charge in [-0.2, -0.15) is 0 Å². The second kappa shape index (κ2) is 8.05. The standard InChI is InChI=1S/C12H23N3O3/c1-3-13-11(16)9-14-5-7-15(8-6-14)12(17)10-18-4-2/h3-10H2,1-2H3,(H,13,16). The molecule has 0 aromatic rings. The Hall–Kier alpha value is -1.14. The van der Waals surface area contributed by atoms with Crippen LogP contribution in [-0.2, 0) is 14.3 Å². The van der Waals surface area contributed by atoms with Crippen molar-refractivity contribution < 1.29 is 14.3 Å². The Kier molecular flexibility index (Phi) is 6.67. The van der Waals surface area contributed by atoms with Gasteiger partial charge in [-0.25, -0.2) is 0 Å². The van der Waals surface area contributed by atoms with Gasteiger partial charge in [0.2, 0.25) is 11.8 Å². The smallest absolute Gasteiger partial charge is 0.248 e. The van der Waals surface area contributed by atoms with Crippen LogP contribution in [0.25, 0.3) is 0 Å². The van der Waals surface area contributed by atoms with Gasteiger partial charge in [-0.15, -0.1) is 0 Å². The summed E-state index contributed by atoms with van der Waals surface area (Å²) in [4.78, 5) is 27.0. The lowest BCUT2D eigenvalue weighted by molar-refractivity contribution is -0.137. The summed E-state index contributed by atoms with van der Waals surface area (Å²) in [7, 11) is 0. The van der Waals surface area contributed by atoms with E-state index in [9.17, 15) is 9.59 Å². The third kappa shape index (κ3) is 5.01. The Morgan fingerprint density at radius 1 is 1.17 bits per heavy atom. The number of rotatable bonds is 6. The molecule has 1 fully saturated rings. The number of piperazine rings is 1. The summed E-state index contributed by atoms with van der Waals surface area (Å²) in [6, 6.07) is 0. The molecule has 1 rings (SSSR count). The van der Waals surface area contributed by atoms with Gasteiger partial charge in [0.25, 0.3) is 0 Å². The summed E-state index contributed by atoms with van der Waals surface area (Å²) in [5, 5.41) is 2.77. The number of carbonyl (C=O) groups is 2. The first-order chi connectivity index (χ1) is 8.67. The molecule has 0 aromatic carbocycles. The molecule has 2 amide bonds. The largest absolute Gasteiger partial charge is 0.372 e. The summed E-state index contributed by atoms with van der Waals surface area (Å²) in [5.41, 5.74) is 0. The maximum Gasteiger partial charge on any atom is 0.248 e. The highest BCUT2D eigenvalue weighted by atomic mass is 16.5. The van der Waals surface area contributed by atoms with Gasteiger partial charge >= 0.3 is 0 Å². The van der Waals surface area contributed by atoms with Crippen molar-refractivity contribution in [2.45, 2.75) is 13.8 Å². The molecular formula is C12H23N3O3. The summed E-state index contributed by atoms with van der Waals surface area (Å²) in [5.74, 6) is 0.0844.